The van der Waals surface area contributed by atoms with E-state index < -0.39 is 27.8 Å². The summed E-state index contributed by atoms with van der Waals surface area (Å²) in [6.07, 6.45) is 0. The number of rotatable bonds is 6. The first kappa shape index (κ1) is 19.9. The molecule has 0 heterocycles. The topological polar surface area (TPSA) is 84.5 Å². The van der Waals surface area contributed by atoms with E-state index in [-0.39, 0.29) is 10.6 Å². The van der Waals surface area contributed by atoms with E-state index in [4.69, 9.17) is 4.74 Å². The highest BCUT2D eigenvalue weighted by Crippen LogP contribution is 2.24. The molecule has 0 spiro atoms. The summed E-state index contributed by atoms with van der Waals surface area (Å²) in [4.78, 5) is 12.0. The first-order valence-corrected chi connectivity index (χ1v) is 9.36. The summed E-state index contributed by atoms with van der Waals surface area (Å²) in [7, 11) is -2.88. The van der Waals surface area contributed by atoms with Gasteiger partial charge in [0.2, 0.25) is 15.9 Å². The number of carbonyl (C=O) groups excluding carboxylic acids is 1. The van der Waals surface area contributed by atoms with E-state index in [0.29, 0.717) is 5.69 Å². The van der Waals surface area contributed by atoms with Crippen LogP contribution in [0.15, 0.2) is 41.3 Å². The highest BCUT2D eigenvalue weighted by Gasteiger charge is 2.25. The van der Waals surface area contributed by atoms with Gasteiger partial charge >= 0.3 is 0 Å². The van der Waals surface area contributed by atoms with Gasteiger partial charge in [-0.3, -0.25) is 4.79 Å². The van der Waals surface area contributed by atoms with Crippen LogP contribution in [0.3, 0.4) is 0 Å². The van der Waals surface area contributed by atoms with Crippen molar-refractivity contribution in [2.24, 2.45) is 0 Å². The van der Waals surface area contributed by atoms with E-state index in [1.54, 1.807) is 6.07 Å². The van der Waals surface area contributed by atoms with Gasteiger partial charge in [0.05, 0.1) is 13.2 Å². The number of halogens is 1. The summed E-state index contributed by atoms with van der Waals surface area (Å²) in [6, 6.07) is 7.64. The van der Waals surface area contributed by atoms with E-state index in [2.05, 4.69) is 10.0 Å². The summed E-state index contributed by atoms with van der Waals surface area (Å²) >= 11 is 0. The van der Waals surface area contributed by atoms with Crippen LogP contribution in [-0.2, 0) is 14.8 Å². The Morgan fingerprint density at radius 2 is 1.85 bits per heavy atom. The number of hydrogen-bond donors (Lipinski definition) is 2. The second-order valence-corrected chi connectivity index (χ2v) is 7.63. The molecule has 1 atom stereocenters. The van der Waals surface area contributed by atoms with Crippen molar-refractivity contribution >= 4 is 21.6 Å². The number of ether oxygens (including phenoxy) is 1. The number of carbonyl (C=O) groups is 1. The Morgan fingerprint density at radius 3 is 2.50 bits per heavy atom. The molecule has 0 saturated carbocycles. The third-order valence-electron chi connectivity index (χ3n) is 3.79. The monoisotopic (exact) mass is 380 g/mol. The van der Waals surface area contributed by atoms with Crippen LogP contribution in [0.1, 0.15) is 18.1 Å². The Kier molecular flexibility index (Phi) is 5.99. The molecule has 2 N–H and O–H groups in total. The molecule has 0 aliphatic rings. The molecule has 0 radical (unpaired) electrons. The predicted molar refractivity (Wildman–Crippen MR) is 97.3 cm³/mol. The van der Waals surface area contributed by atoms with Crippen molar-refractivity contribution < 1.29 is 22.3 Å². The van der Waals surface area contributed by atoms with Crippen molar-refractivity contribution in [3.8, 4) is 5.75 Å². The predicted octanol–water partition coefficient (Wildman–Crippen LogP) is 2.76. The molecule has 1 amide bonds. The molecule has 6 nitrogen and oxygen atoms in total. The van der Waals surface area contributed by atoms with Crippen molar-refractivity contribution in [3.05, 3.63) is 53.3 Å². The van der Waals surface area contributed by atoms with Gasteiger partial charge in [0.1, 0.15) is 16.5 Å². The van der Waals surface area contributed by atoms with Crippen LogP contribution >= 0.6 is 0 Å². The number of sulfonamides is 1. The SMILES string of the molecule is COc1ccc(F)cc1S(=O)(=O)NC(C)C(=O)Nc1cc(C)ccc1C. The second kappa shape index (κ2) is 7.84. The molecular formula is C18H21FN2O4S. The fourth-order valence-electron chi connectivity index (χ4n) is 2.32. The first-order chi connectivity index (χ1) is 12.1. The smallest absolute Gasteiger partial charge is 0.245 e. The maximum Gasteiger partial charge on any atom is 0.245 e. The van der Waals surface area contributed by atoms with Crippen LogP contribution < -0.4 is 14.8 Å². The molecule has 0 aromatic heterocycles. The van der Waals surface area contributed by atoms with Gasteiger partial charge in [-0.15, -0.1) is 0 Å². The number of amides is 1. The van der Waals surface area contributed by atoms with Gasteiger partial charge in [-0.25, -0.2) is 12.8 Å². The summed E-state index contributed by atoms with van der Waals surface area (Å²) < 4.78 is 45.7. The molecule has 2 aromatic carbocycles. The first-order valence-electron chi connectivity index (χ1n) is 7.88. The third kappa shape index (κ3) is 4.59. The Morgan fingerprint density at radius 1 is 1.15 bits per heavy atom. The van der Waals surface area contributed by atoms with E-state index in [1.165, 1.54) is 20.1 Å². The lowest BCUT2D eigenvalue weighted by molar-refractivity contribution is -0.117. The molecule has 2 aromatic rings. The number of benzene rings is 2. The van der Waals surface area contributed by atoms with Crippen LogP contribution in [0, 0.1) is 19.7 Å². The van der Waals surface area contributed by atoms with Crippen molar-refractivity contribution in [1.29, 1.82) is 0 Å². The van der Waals surface area contributed by atoms with E-state index in [9.17, 15) is 17.6 Å². The van der Waals surface area contributed by atoms with E-state index in [0.717, 1.165) is 23.3 Å². The maximum absolute atomic E-state index is 13.5. The summed E-state index contributed by atoms with van der Waals surface area (Å²) in [5, 5.41) is 2.69. The zero-order valence-electron chi connectivity index (χ0n) is 15.0. The average molecular weight is 380 g/mol. The molecule has 0 saturated heterocycles. The van der Waals surface area contributed by atoms with Crippen LogP contribution in [0.5, 0.6) is 5.75 Å². The Balaban J connectivity index is 2.20. The number of anilines is 1. The quantitative estimate of drug-likeness (QED) is 0.807. The maximum atomic E-state index is 13.5. The van der Waals surface area contributed by atoms with E-state index >= 15 is 0 Å². The minimum atomic E-state index is -4.16. The van der Waals surface area contributed by atoms with Gasteiger partial charge in [-0.1, -0.05) is 12.1 Å². The summed E-state index contributed by atoms with van der Waals surface area (Å²) in [5.41, 5.74) is 2.42. The molecule has 0 fully saturated rings. The van der Waals surface area contributed by atoms with Gasteiger partial charge in [0.15, 0.2) is 0 Å². The highest BCUT2D eigenvalue weighted by molar-refractivity contribution is 7.89. The standard InChI is InChI=1S/C18H21FN2O4S/c1-11-5-6-12(2)15(9-11)20-18(22)13(3)21-26(23,24)17-10-14(19)7-8-16(17)25-4/h5-10,13,21H,1-4H3,(H,20,22). The third-order valence-corrected chi connectivity index (χ3v) is 5.35. The number of nitrogens with one attached hydrogen (secondary N) is 2. The Labute approximate surface area is 152 Å². The Bertz CT molecular complexity index is 929. The second-order valence-electron chi connectivity index (χ2n) is 5.95. The lowest BCUT2D eigenvalue weighted by Gasteiger charge is -2.17. The van der Waals surface area contributed by atoms with E-state index in [1.807, 2.05) is 26.0 Å². The number of aryl methyl sites for hydroxylation is 2. The fourth-order valence-corrected chi connectivity index (χ4v) is 3.71. The minimum absolute atomic E-state index is 0.0129. The molecule has 0 bridgehead atoms. The molecule has 26 heavy (non-hydrogen) atoms. The van der Waals surface area contributed by atoms with Crippen molar-refractivity contribution in [3.63, 3.8) is 0 Å². The molecule has 140 valence electrons. The van der Waals surface area contributed by atoms with Crippen LogP contribution in [0.4, 0.5) is 10.1 Å². The molecule has 0 aliphatic carbocycles. The lowest BCUT2D eigenvalue weighted by atomic mass is 10.1. The van der Waals surface area contributed by atoms with Crippen molar-refractivity contribution in [2.75, 3.05) is 12.4 Å². The lowest BCUT2D eigenvalue weighted by Crippen LogP contribution is -2.41. The number of hydrogen-bond acceptors (Lipinski definition) is 4. The molecule has 1 unspecified atom stereocenters. The van der Waals surface area contributed by atoms with Crippen molar-refractivity contribution in [2.45, 2.75) is 31.7 Å². The molecule has 8 heteroatoms. The van der Waals surface area contributed by atoms with Gasteiger partial charge in [0.25, 0.3) is 0 Å². The Hall–Kier alpha value is -2.45. The fraction of sp³-hybridized carbons (Fsp3) is 0.278. The number of methoxy groups -OCH3 is 1. The van der Waals surface area contributed by atoms with Gasteiger partial charge in [0, 0.05) is 5.69 Å². The molecule has 2 rings (SSSR count). The van der Waals surface area contributed by atoms with Crippen LogP contribution in [0.2, 0.25) is 0 Å². The zero-order chi connectivity index (χ0) is 19.5. The minimum Gasteiger partial charge on any atom is -0.495 e. The zero-order valence-corrected chi connectivity index (χ0v) is 15.8. The summed E-state index contributed by atoms with van der Waals surface area (Å²) in [5.74, 6) is -1.27. The van der Waals surface area contributed by atoms with Crippen molar-refractivity contribution in [1.82, 2.24) is 4.72 Å². The molecule has 0 aliphatic heterocycles. The average Bonchev–Trinajstić information content (AvgIpc) is 2.57. The molecular weight excluding hydrogens is 359 g/mol. The highest BCUT2D eigenvalue weighted by atomic mass is 32.2. The van der Waals surface area contributed by atoms with Gasteiger partial charge in [-0.2, -0.15) is 4.72 Å². The summed E-state index contributed by atoms with van der Waals surface area (Å²) in [6.45, 7) is 5.13. The van der Waals surface area contributed by atoms with Crippen LogP contribution in [-0.4, -0.2) is 27.5 Å². The van der Waals surface area contributed by atoms with Gasteiger partial charge in [-0.05, 0) is 56.2 Å². The van der Waals surface area contributed by atoms with Gasteiger partial charge < -0.3 is 10.1 Å². The largest absolute Gasteiger partial charge is 0.495 e. The van der Waals surface area contributed by atoms with Crippen LogP contribution in [0.25, 0.3) is 0 Å². The normalized spacial score (nSPS) is 12.5.